The van der Waals surface area contributed by atoms with Gasteiger partial charge in [0.2, 0.25) is 0 Å². The molecule has 1 N–H and O–H groups in total. The summed E-state index contributed by atoms with van der Waals surface area (Å²) in [5.74, 6) is 1.19. The van der Waals surface area contributed by atoms with Crippen LogP contribution in [0.1, 0.15) is 222 Å². The van der Waals surface area contributed by atoms with Gasteiger partial charge in [0.25, 0.3) is 6.71 Å². The zero-order valence-electron chi connectivity index (χ0n) is 44.2. The molecule has 4 aliphatic carbocycles. The van der Waals surface area contributed by atoms with E-state index in [4.69, 9.17) is 4.42 Å². The molecule has 0 fully saturated rings. The molecule has 0 saturated heterocycles. The van der Waals surface area contributed by atoms with Crippen molar-refractivity contribution in [2.24, 2.45) is 0 Å². The van der Waals surface area contributed by atoms with Gasteiger partial charge in [-0.1, -0.05) is 139 Å². The van der Waals surface area contributed by atoms with Gasteiger partial charge in [-0.05, 0) is 184 Å². The molecular formula is C62H79BN2O. The minimum Gasteiger partial charge on any atom is -0.472 e. The van der Waals surface area contributed by atoms with Crippen molar-refractivity contribution in [2.75, 3.05) is 10.2 Å². The third kappa shape index (κ3) is 5.93. The van der Waals surface area contributed by atoms with Gasteiger partial charge in [-0.3, -0.25) is 0 Å². The van der Waals surface area contributed by atoms with Gasteiger partial charge >= 0.3 is 0 Å². The first-order valence-electron chi connectivity index (χ1n) is 25.9. The van der Waals surface area contributed by atoms with Crippen molar-refractivity contribution in [1.29, 1.82) is 0 Å². The summed E-state index contributed by atoms with van der Waals surface area (Å²) < 4.78 is 7.85. The van der Waals surface area contributed by atoms with Gasteiger partial charge in [0.15, 0.2) is 0 Å². The van der Waals surface area contributed by atoms with Gasteiger partial charge in [0.05, 0.1) is 11.3 Å². The summed E-state index contributed by atoms with van der Waals surface area (Å²) in [6.07, 6.45) is 9.24. The van der Waals surface area contributed by atoms with Gasteiger partial charge < -0.3 is 14.6 Å². The smallest absolute Gasteiger partial charge is 0.295 e. The van der Waals surface area contributed by atoms with E-state index in [-0.39, 0.29) is 50.0 Å². The summed E-state index contributed by atoms with van der Waals surface area (Å²) in [5.41, 5.74) is 26.3. The molecule has 2 aliphatic heterocycles. The summed E-state index contributed by atoms with van der Waals surface area (Å²) in [6.45, 7) is 44.4. The maximum atomic E-state index is 7.85. The lowest BCUT2D eigenvalue weighted by Gasteiger charge is -2.49. The van der Waals surface area contributed by atoms with E-state index in [1.165, 1.54) is 126 Å². The molecular weight excluding hydrogens is 800 g/mol. The van der Waals surface area contributed by atoms with Gasteiger partial charge in [0, 0.05) is 39.1 Å². The van der Waals surface area contributed by atoms with Crippen molar-refractivity contribution in [3.63, 3.8) is 0 Å². The summed E-state index contributed by atoms with van der Waals surface area (Å²) in [6, 6.07) is 20.6. The van der Waals surface area contributed by atoms with Crippen LogP contribution in [0.2, 0.25) is 0 Å². The van der Waals surface area contributed by atoms with E-state index >= 15 is 0 Å². The molecule has 346 valence electrons. The van der Waals surface area contributed by atoms with Crippen molar-refractivity contribution in [3.05, 3.63) is 115 Å². The van der Waals surface area contributed by atoms with Crippen LogP contribution < -0.4 is 26.8 Å². The van der Waals surface area contributed by atoms with Crippen molar-refractivity contribution < 1.29 is 4.42 Å². The van der Waals surface area contributed by atoms with Gasteiger partial charge in [-0.2, -0.15) is 0 Å². The van der Waals surface area contributed by atoms with Crippen LogP contribution >= 0.6 is 0 Å². The van der Waals surface area contributed by atoms with Crippen molar-refractivity contribution in [3.8, 4) is 0 Å². The zero-order valence-corrected chi connectivity index (χ0v) is 44.2. The minimum atomic E-state index is -0.194. The Hall–Kier alpha value is -4.18. The monoisotopic (exact) mass is 879 g/mol. The topological polar surface area (TPSA) is 28.4 Å². The van der Waals surface area contributed by atoms with Crippen LogP contribution in [0.3, 0.4) is 0 Å². The molecule has 2 bridgehead atoms. The highest BCUT2D eigenvalue weighted by Crippen LogP contribution is 2.59. The molecule has 11 rings (SSSR count). The largest absolute Gasteiger partial charge is 0.472 e. The molecule has 66 heavy (non-hydrogen) atoms. The van der Waals surface area contributed by atoms with Gasteiger partial charge in [0.1, 0.15) is 5.76 Å². The molecule has 3 nitrogen and oxygen atoms in total. The fraction of sp³-hybridized carbons (Fsp3) is 0.548. The number of nitrogens with zero attached hydrogens (tertiary/aromatic N) is 1. The second kappa shape index (κ2) is 13.3. The maximum absolute atomic E-state index is 7.85. The Labute approximate surface area is 399 Å². The zero-order chi connectivity index (χ0) is 47.4. The fourth-order valence-corrected chi connectivity index (χ4v) is 14.7. The molecule has 1 atom stereocenters. The second-order valence-electron chi connectivity index (χ2n) is 27.5. The highest BCUT2D eigenvalue weighted by atomic mass is 16.3. The van der Waals surface area contributed by atoms with Crippen LogP contribution in [0.5, 0.6) is 0 Å². The van der Waals surface area contributed by atoms with E-state index in [2.05, 4.69) is 183 Å². The summed E-state index contributed by atoms with van der Waals surface area (Å²) in [4.78, 5) is 2.73. The molecule has 0 amide bonds. The third-order valence-electron chi connectivity index (χ3n) is 19.5. The summed E-state index contributed by atoms with van der Waals surface area (Å²) >= 11 is 0. The number of anilines is 5. The highest BCUT2D eigenvalue weighted by molar-refractivity contribution is 6.98. The average molecular weight is 879 g/mol. The predicted molar refractivity (Wildman–Crippen MR) is 283 cm³/mol. The van der Waals surface area contributed by atoms with E-state index in [0.717, 1.165) is 31.3 Å². The number of hydrogen-bond acceptors (Lipinski definition) is 3. The molecule has 0 spiro atoms. The Morgan fingerprint density at radius 1 is 0.485 bits per heavy atom. The minimum absolute atomic E-state index is 0.0597. The molecule has 4 aromatic carbocycles. The number of fused-ring (bicyclic) bond motifs is 10. The molecule has 4 heteroatoms. The van der Waals surface area contributed by atoms with Crippen LogP contribution in [0.4, 0.5) is 28.4 Å². The molecule has 1 aromatic heterocycles. The number of aryl methyl sites for hydroxylation is 2. The lowest BCUT2D eigenvalue weighted by Crippen LogP contribution is -2.59. The molecule has 0 radical (unpaired) electrons. The quantitative estimate of drug-likeness (QED) is 0.167. The summed E-state index contributed by atoms with van der Waals surface area (Å²) in [5, 5.41) is 4.41. The van der Waals surface area contributed by atoms with Crippen LogP contribution in [0.25, 0.3) is 0 Å². The average Bonchev–Trinajstić information content (AvgIpc) is 3.64. The first-order valence-corrected chi connectivity index (χ1v) is 25.9. The lowest BCUT2D eigenvalue weighted by atomic mass is 9.35. The second-order valence-corrected chi connectivity index (χ2v) is 27.5. The van der Waals surface area contributed by atoms with Crippen molar-refractivity contribution >= 4 is 51.7 Å². The number of nitrogens with one attached hydrogen (secondary N) is 1. The SMILES string of the molecule is Cc1cc2c3c(c1)N(c1cc4c(cc1C)C(C)(C)CCC4(C)C)c1c(oc4c1C(C)(C)CCC4(C)C)B3c1ccc3c(c1C)C(C)(CCC3(C)C)c1cc3c(cc1N2)C(C)(C)CCC3(C)C. The molecule has 3 heterocycles. The summed E-state index contributed by atoms with van der Waals surface area (Å²) in [7, 11) is 0. The van der Waals surface area contributed by atoms with E-state index in [1.807, 2.05) is 0 Å². The molecule has 5 aromatic rings. The van der Waals surface area contributed by atoms with Crippen molar-refractivity contribution in [2.45, 2.75) is 219 Å². The Kier molecular flexibility index (Phi) is 8.95. The van der Waals surface area contributed by atoms with Crippen LogP contribution in [-0.2, 0) is 43.3 Å². The van der Waals surface area contributed by atoms with E-state index in [1.54, 1.807) is 5.56 Å². The van der Waals surface area contributed by atoms with E-state index in [9.17, 15) is 0 Å². The number of furan rings is 1. The molecule has 1 unspecified atom stereocenters. The Morgan fingerprint density at radius 2 is 1.02 bits per heavy atom. The van der Waals surface area contributed by atoms with Crippen LogP contribution in [-0.4, -0.2) is 6.71 Å². The molecule has 6 aliphatic rings. The van der Waals surface area contributed by atoms with Crippen molar-refractivity contribution in [1.82, 2.24) is 0 Å². The standard InChI is InChI=1S/C62H79BN2O/c1-35-29-46-51-48(30-35)65(47-34-42-39(31-36(47)2)56(6,7)21-24-59(42,12)13)52-50-53(61(16,17)26-25-60(50,14)15)66-54(52)63(51)44-20-19-38-49(37(44)3)62(18,28-27-55(38,4)5)43-32-40-41(33-45(43)64-46)58(10,11)23-22-57(40,8)9/h19-20,29-34,64H,21-28H2,1-18H3. The predicted octanol–water partition coefficient (Wildman–Crippen LogP) is 15.0. The Balaban J connectivity index is 1.31. The normalized spacial score (nSPS) is 24.7. The van der Waals surface area contributed by atoms with E-state index < -0.39 is 0 Å². The highest BCUT2D eigenvalue weighted by Gasteiger charge is 2.53. The van der Waals surface area contributed by atoms with E-state index in [0.29, 0.717) is 0 Å². The molecule has 0 saturated carbocycles. The van der Waals surface area contributed by atoms with Crippen LogP contribution in [0, 0.1) is 20.8 Å². The first-order chi connectivity index (χ1) is 30.5. The number of rotatable bonds is 1. The lowest BCUT2D eigenvalue weighted by molar-refractivity contribution is 0.282. The fourth-order valence-electron chi connectivity index (χ4n) is 14.7. The van der Waals surface area contributed by atoms with Crippen LogP contribution in [0.15, 0.2) is 52.9 Å². The number of benzene rings is 4. The Morgan fingerprint density at radius 3 is 1.65 bits per heavy atom. The van der Waals surface area contributed by atoms with Gasteiger partial charge in [-0.15, -0.1) is 0 Å². The first kappa shape index (κ1) is 44.3. The Bertz CT molecular complexity index is 2950. The third-order valence-corrected chi connectivity index (χ3v) is 19.5. The van der Waals surface area contributed by atoms with Gasteiger partial charge in [-0.25, -0.2) is 0 Å². The number of hydrogen-bond donors (Lipinski definition) is 1. The maximum Gasteiger partial charge on any atom is 0.295 e.